The number of nitrogens with zero attached hydrogens (tertiary/aromatic N) is 8. The maximum atomic E-state index is 14.8. The van der Waals surface area contributed by atoms with Gasteiger partial charge in [0.1, 0.15) is 61.5 Å². The average Bonchev–Trinajstić information content (AvgIpc) is 1.11. The second-order valence-corrected chi connectivity index (χ2v) is 32.7. The number of hydrogen-bond acceptors (Lipinski definition) is 32. The first-order chi connectivity index (χ1) is 65.3. The number of aliphatic carboxylic acids is 1. The highest BCUT2D eigenvalue weighted by molar-refractivity contribution is 6.00. The van der Waals surface area contributed by atoms with Crippen LogP contribution in [0.25, 0.3) is 11.2 Å². The molecular formula is C87H122N26O23. The maximum absolute atomic E-state index is 14.8. The standard InChI is InChI=1S/C87H122N26O23/c1-50-16-18-53(19-17-50)11-10-15-70(118)93-26-8-5-13-64(81(126)104-62(76(88)122)12-4-7-27-94-72(120)47-136-90)102-73(121)46-135-34-33-134-32-31-133-30-28-95-80(125)63-14-6-9-29-113-44-60(111-112-113)39-65(103-71(119)25-22-55(86(131)132)36-68(116)54-20-23-57(24-21-54)96-42-61-43-97-77-75(101-61)85(130)110-87(89)109-77)82(127)106-66(38-59-41-92-49-99-59)83(128)107-67(45-114)69(117)37-56(35-58-40-91-48-98-58)79(124)108-74(52(3)115)84(129)100-51(2)78(123)105-63/h16-21,23-24,40-41,43-44,48-49,51-52,55-56,62-67,74,96,114-115H,4-15,22,25-39,42,45-47,90H2,1-3H3,(H2,88,122)(H,91,98)(H,92,99)(H,93,118)(H,94,120)(H,95,125)(H,100,129)(H,102,121)(H,103,119)(H,104,126)(H,105,123)(H,106,127)(H,107,128)(H,108,124)(H,131,132)(H3,89,97,109,110,130)/t51-,52+,55-,56+,62+,63+,64+,65+,66-,67-,74-/m1/s1. The Labute approximate surface area is 780 Å². The number of aliphatic hydroxyl groups is 2. The summed E-state index contributed by atoms with van der Waals surface area (Å²) in [5.41, 5.74) is 14.7. The molecule has 49 heteroatoms. The summed E-state index contributed by atoms with van der Waals surface area (Å²) in [6.45, 7) is 3.17. The molecule has 8 rings (SSSR count). The zero-order valence-corrected chi connectivity index (χ0v) is 75.9. The number of anilines is 2. The van der Waals surface area contributed by atoms with E-state index in [2.05, 4.69) is 119 Å². The molecule has 5 aromatic heterocycles. The van der Waals surface area contributed by atoms with E-state index in [9.17, 15) is 92.0 Å². The molecule has 0 spiro atoms. The molecule has 1 aliphatic heterocycles. The van der Waals surface area contributed by atoms with Gasteiger partial charge in [0.05, 0.1) is 94.4 Å². The predicted octanol–water partition coefficient (Wildman–Crippen LogP) is -3.80. The average molecular weight is 1900 g/mol. The van der Waals surface area contributed by atoms with E-state index in [1.807, 2.05) is 31.2 Å². The molecule has 0 saturated heterocycles. The van der Waals surface area contributed by atoms with Crippen LogP contribution >= 0.6 is 0 Å². The molecular weight excluding hydrogens is 1780 g/mol. The number of ether oxygens (including phenoxy) is 3. The van der Waals surface area contributed by atoms with E-state index in [0.717, 1.165) is 17.5 Å². The summed E-state index contributed by atoms with van der Waals surface area (Å²) >= 11 is 0. The number of aliphatic hydroxyl groups excluding tert-OH is 2. The number of Topliss-reactive ketones (excluding diaryl/α,β-unsaturated/α-hetero) is 2. The summed E-state index contributed by atoms with van der Waals surface area (Å²) in [5, 5.41) is 72.5. The summed E-state index contributed by atoms with van der Waals surface area (Å²) < 4.78 is 18.3. The van der Waals surface area contributed by atoms with Crippen molar-refractivity contribution in [2.75, 3.05) is 83.5 Å². The van der Waals surface area contributed by atoms with E-state index in [4.69, 9.17) is 31.6 Å². The molecule has 49 nitrogen and oxygen atoms in total. The van der Waals surface area contributed by atoms with Gasteiger partial charge in [-0.15, -0.1) is 5.10 Å². The third kappa shape index (κ3) is 37.8. The summed E-state index contributed by atoms with van der Waals surface area (Å²) in [6, 6.07) is 2.41. The van der Waals surface area contributed by atoms with Crippen molar-refractivity contribution < 1.29 is 106 Å². The normalized spacial score (nSPS) is 18.2. The topological polar surface area (TPSA) is 736 Å². The van der Waals surface area contributed by atoms with E-state index in [0.29, 0.717) is 62.1 Å². The number of hydrogen-bond donors (Lipinski definition) is 21. The number of aromatic nitrogens is 11. The van der Waals surface area contributed by atoms with E-state index >= 15 is 0 Å². The fraction of sp³-hybridized carbons (Fsp3) is 0.529. The Hall–Kier alpha value is -14.0. The lowest BCUT2D eigenvalue weighted by atomic mass is 9.92. The third-order valence-electron chi connectivity index (χ3n) is 21.8. The highest BCUT2D eigenvalue weighted by atomic mass is 16.6. The molecule has 11 atom stereocenters. The quantitative estimate of drug-likeness (QED) is 0.00988. The molecule has 0 saturated carbocycles. The molecule has 0 fully saturated rings. The van der Waals surface area contributed by atoms with Crippen molar-refractivity contribution >= 4 is 111 Å². The smallest absolute Gasteiger partial charge is 0.306 e. The number of unbranched alkanes of at least 4 members (excludes halogenated alkanes) is 2. The van der Waals surface area contributed by atoms with Crippen LogP contribution in [0.2, 0.25) is 0 Å². The van der Waals surface area contributed by atoms with Crippen molar-refractivity contribution in [2.45, 2.75) is 210 Å². The minimum Gasteiger partial charge on any atom is -0.481 e. The number of aryl methyl sites for hydroxylation is 3. The first kappa shape index (κ1) is 107. The number of imidazole rings is 2. The number of nitrogens with one attached hydrogen (secondary N) is 15. The van der Waals surface area contributed by atoms with Crippen LogP contribution in [0, 0.1) is 18.8 Å². The number of benzene rings is 2. The second kappa shape index (κ2) is 56.9. The van der Waals surface area contributed by atoms with Crippen molar-refractivity contribution in [3.63, 3.8) is 0 Å². The van der Waals surface area contributed by atoms with Crippen LogP contribution in [0.15, 0.2) is 90.8 Å². The molecule has 0 aliphatic carbocycles. The monoisotopic (exact) mass is 1900 g/mol. The van der Waals surface area contributed by atoms with Gasteiger partial charge in [-0.1, -0.05) is 35.0 Å². The molecule has 6 heterocycles. The number of aromatic amines is 3. The van der Waals surface area contributed by atoms with Crippen LogP contribution in [0.5, 0.6) is 0 Å². The molecule has 136 heavy (non-hydrogen) atoms. The Kier molecular flexibility index (Phi) is 44.9. The summed E-state index contributed by atoms with van der Waals surface area (Å²) in [5.74, 6) is -10.2. The largest absolute Gasteiger partial charge is 0.481 e. The first-order valence-electron chi connectivity index (χ1n) is 44.7. The predicted molar refractivity (Wildman–Crippen MR) is 483 cm³/mol. The highest BCUT2D eigenvalue weighted by Gasteiger charge is 2.37. The number of nitrogens with two attached hydrogens (primary N) is 3. The number of H-pyrrole nitrogens is 3. The second-order valence-electron chi connectivity index (χ2n) is 32.7. The summed E-state index contributed by atoms with van der Waals surface area (Å²) in [7, 11) is 0. The van der Waals surface area contributed by atoms with Gasteiger partial charge in [0.25, 0.3) is 5.56 Å². The lowest BCUT2D eigenvalue weighted by Crippen LogP contribution is -2.59. The van der Waals surface area contributed by atoms with E-state index in [1.165, 1.54) is 68.1 Å². The Bertz CT molecular complexity index is 5160. The molecule has 0 unspecified atom stereocenters. The van der Waals surface area contributed by atoms with Crippen LogP contribution in [0.1, 0.15) is 154 Å². The van der Waals surface area contributed by atoms with Crippen molar-refractivity contribution in [1.82, 2.24) is 113 Å². The Morgan fingerprint density at radius 1 is 0.654 bits per heavy atom. The van der Waals surface area contributed by atoms with Gasteiger partial charge in [0.2, 0.25) is 76.8 Å². The van der Waals surface area contributed by atoms with Crippen molar-refractivity contribution in [2.24, 2.45) is 23.5 Å². The van der Waals surface area contributed by atoms with Gasteiger partial charge < -0.3 is 115 Å². The summed E-state index contributed by atoms with van der Waals surface area (Å²) in [6.07, 6.45) is 7.27. The van der Waals surface area contributed by atoms with E-state index in [-0.39, 0.29) is 151 Å². The fourth-order valence-electron chi connectivity index (χ4n) is 14.2. The highest BCUT2D eigenvalue weighted by Crippen LogP contribution is 2.22. The van der Waals surface area contributed by atoms with Crippen LogP contribution in [-0.4, -0.2) is 286 Å². The Morgan fingerprint density at radius 2 is 1.33 bits per heavy atom. The minimum absolute atomic E-state index is 0.00603. The third-order valence-corrected chi connectivity index (χ3v) is 21.8. The number of carboxylic acid groups (broad SMARTS) is 1. The molecule has 738 valence electrons. The Morgan fingerprint density at radius 3 is 2.00 bits per heavy atom. The number of rotatable bonds is 49. The number of primary amides is 1. The van der Waals surface area contributed by atoms with Crippen LogP contribution < -0.4 is 86.7 Å². The van der Waals surface area contributed by atoms with Crippen molar-refractivity contribution in [3.8, 4) is 0 Å². The molecule has 0 radical (unpaired) electrons. The minimum atomic E-state index is -1.78. The maximum Gasteiger partial charge on any atom is 0.306 e. The van der Waals surface area contributed by atoms with E-state index in [1.54, 1.807) is 12.1 Å². The van der Waals surface area contributed by atoms with Crippen molar-refractivity contribution in [1.29, 1.82) is 0 Å². The zero-order chi connectivity index (χ0) is 98.4. The van der Waals surface area contributed by atoms with Gasteiger partial charge in [-0.05, 0) is 128 Å². The van der Waals surface area contributed by atoms with Gasteiger partial charge in [-0.3, -0.25) is 91.2 Å². The van der Waals surface area contributed by atoms with Gasteiger partial charge >= 0.3 is 5.97 Å². The molecule has 2 bridgehead atoms. The summed E-state index contributed by atoms with van der Waals surface area (Å²) in [4.78, 5) is 250. The number of amides is 12. The van der Waals surface area contributed by atoms with Gasteiger partial charge in [0.15, 0.2) is 22.7 Å². The SMILES string of the molecule is Cc1ccc(CCCC(=O)NCCCC[C@H](NC(=O)COCCOCCOCCNC(=O)[C@@H]2CCCCn3cc(nn3)C[C@H](NC(=O)CC[C@H](CC(=O)c3ccc(NCc4cnc5nc(N)[nH]c(=O)c5n4)cc3)C(=O)O)C(=O)N[C@H](Cc3cnc[nH]3)C(=O)N[C@H](CO)C(=O)C[C@H](Cc3cnc[nH]3)C(=O)N[C@H]([C@H](C)O)C(=O)N[C@H](C)C(=O)N2)C(=O)N[C@@H](CCCCNC(=O)CON)C(N)=O)cc1. The van der Waals surface area contributed by atoms with Gasteiger partial charge in [-0.2, -0.15) is 4.98 Å². The fourth-order valence-corrected chi connectivity index (χ4v) is 14.2. The van der Waals surface area contributed by atoms with Crippen LogP contribution in [0.3, 0.4) is 0 Å². The van der Waals surface area contributed by atoms with Gasteiger partial charge in [-0.25, -0.2) is 25.8 Å². The van der Waals surface area contributed by atoms with E-state index < -0.39 is 200 Å². The molecule has 12 amide bonds. The molecule has 7 aromatic rings. The molecule has 2 aromatic carbocycles. The molecule has 24 N–H and O–H groups in total. The number of carboxylic acids is 1. The van der Waals surface area contributed by atoms with Gasteiger partial charge in [0, 0.05) is 112 Å². The van der Waals surface area contributed by atoms with Crippen LogP contribution in [0.4, 0.5) is 11.6 Å². The lowest BCUT2D eigenvalue weighted by molar-refractivity contribution is -0.142. The lowest BCUT2D eigenvalue weighted by Gasteiger charge is -2.27. The Balaban J connectivity index is 0.882. The van der Waals surface area contributed by atoms with Crippen LogP contribution in [-0.2, 0) is 125 Å². The first-order valence-corrected chi connectivity index (χ1v) is 44.7. The number of carbonyl (C=O) groups is 15. The number of ketones is 2. The zero-order valence-electron chi connectivity index (χ0n) is 75.9. The van der Waals surface area contributed by atoms with Crippen molar-refractivity contribution in [3.05, 3.63) is 136 Å². The number of fused-ring (bicyclic) bond motifs is 3. The number of nitrogen functional groups attached to an aromatic ring is 1. The molecule has 1 aliphatic rings. The number of carbonyl (C=O) groups excluding carboxylic acids is 14.